The monoisotopic (exact) mass is 282 g/mol. The first kappa shape index (κ1) is 13.8. The van der Waals surface area contributed by atoms with Gasteiger partial charge in [0.2, 0.25) is 0 Å². The third-order valence-electron chi connectivity index (χ3n) is 2.57. The fraction of sp³-hybridized carbons (Fsp3) is 0.167. The van der Waals surface area contributed by atoms with Gasteiger partial charge in [-0.1, -0.05) is 0 Å². The number of benzene rings is 1. The standard InChI is InChI=1S/C12H12F2N4O2/c1-6-9(15)10(18-17-6)16-11(19)7-2-4-8(5-3-7)20-12(13)14/h2-5,12H,15H2,1H3,(H2,16,17,18,19). The SMILES string of the molecule is Cc1[nH]nc(NC(=O)c2ccc(OC(F)F)cc2)c1N. The van der Waals surface area contributed by atoms with Crippen LogP contribution in [0.5, 0.6) is 5.75 Å². The Hall–Kier alpha value is -2.64. The number of H-pyrrole nitrogens is 1. The van der Waals surface area contributed by atoms with Crippen LogP contribution in [-0.2, 0) is 0 Å². The van der Waals surface area contributed by atoms with E-state index in [1.807, 2.05) is 0 Å². The number of aromatic amines is 1. The molecule has 0 saturated heterocycles. The molecule has 0 unspecified atom stereocenters. The Kier molecular flexibility index (Phi) is 3.83. The highest BCUT2D eigenvalue weighted by Crippen LogP contribution is 2.20. The fourth-order valence-electron chi connectivity index (χ4n) is 1.50. The molecule has 0 aliphatic heterocycles. The van der Waals surface area contributed by atoms with Gasteiger partial charge in [-0.05, 0) is 31.2 Å². The molecule has 1 heterocycles. The Bertz CT molecular complexity index is 610. The average Bonchev–Trinajstić information content (AvgIpc) is 2.71. The van der Waals surface area contributed by atoms with Crippen LogP contribution in [0.4, 0.5) is 20.3 Å². The van der Waals surface area contributed by atoms with Crippen molar-refractivity contribution in [3.63, 3.8) is 0 Å². The number of carbonyl (C=O) groups excluding carboxylic acids is 1. The fourth-order valence-corrected chi connectivity index (χ4v) is 1.50. The predicted molar refractivity (Wildman–Crippen MR) is 68.8 cm³/mol. The van der Waals surface area contributed by atoms with Crippen LogP contribution in [-0.4, -0.2) is 22.7 Å². The second kappa shape index (κ2) is 5.55. The molecule has 0 aliphatic rings. The lowest BCUT2D eigenvalue weighted by Gasteiger charge is -2.06. The van der Waals surface area contributed by atoms with Gasteiger partial charge >= 0.3 is 6.61 Å². The third kappa shape index (κ3) is 3.02. The minimum Gasteiger partial charge on any atom is -0.435 e. The molecule has 0 saturated carbocycles. The molecule has 4 N–H and O–H groups in total. The van der Waals surface area contributed by atoms with Crippen molar-refractivity contribution in [1.82, 2.24) is 10.2 Å². The van der Waals surface area contributed by atoms with Crippen LogP contribution >= 0.6 is 0 Å². The van der Waals surface area contributed by atoms with E-state index >= 15 is 0 Å². The number of alkyl halides is 2. The molecule has 1 aromatic carbocycles. The molecular weight excluding hydrogens is 270 g/mol. The first-order chi connectivity index (χ1) is 9.47. The van der Waals surface area contributed by atoms with Gasteiger partial charge in [-0.2, -0.15) is 13.9 Å². The summed E-state index contributed by atoms with van der Waals surface area (Å²) < 4.78 is 28.2. The zero-order valence-corrected chi connectivity index (χ0v) is 10.5. The molecule has 8 heteroatoms. The number of nitrogens with one attached hydrogen (secondary N) is 2. The summed E-state index contributed by atoms with van der Waals surface area (Å²) in [4.78, 5) is 11.9. The van der Waals surface area contributed by atoms with E-state index in [0.717, 1.165) is 0 Å². The lowest BCUT2D eigenvalue weighted by Crippen LogP contribution is -2.13. The van der Waals surface area contributed by atoms with Crippen molar-refractivity contribution < 1.29 is 18.3 Å². The lowest BCUT2D eigenvalue weighted by molar-refractivity contribution is -0.0498. The van der Waals surface area contributed by atoms with Crippen molar-refractivity contribution in [2.75, 3.05) is 11.1 Å². The van der Waals surface area contributed by atoms with Crippen molar-refractivity contribution in [3.05, 3.63) is 35.5 Å². The number of nitrogens with zero attached hydrogens (tertiary/aromatic N) is 1. The molecule has 1 amide bonds. The molecule has 0 aliphatic carbocycles. The molecule has 0 atom stereocenters. The number of aryl methyl sites for hydroxylation is 1. The summed E-state index contributed by atoms with van der Waals surface area (Å²) in [5, 5.41) is 8.98. The summed E-state index contributed by atoms with van der Waals surface area (Å²) in [7, 11) is 0. The van der Waals surface area contributed by atoms with Gasteiger partial charge in [-0.15, -0.1) is 0 Å². The zero-order valence-electron chi connectivity index (χ0n) is 10.5. The summed E-state index contributed by atoms with van der Waals surface area (Å²) in [5.41, 5.74) is 6.95. The van der Waals surface area contributed by atoms with E-state index in [1.54, 1.807) is 6.92 Å². The molecular formula is C12H12F2N4O2. The van der Waals surface area contributed by atoms with E-state index in [2.05, 4.69) is 20.3 Å². The topological polar surface area (TPSA) is 93.0 Å². The largest absolute Gasteiger partial charge is 0.435 e. The number of carbonyl (C=O) groups is 1. The number of anilines is 2. The van der Waals surface area contributed by atoms with E-state index in [0.29, 0.717) is 11.4 Å². The van der Waals surface area contributed by atoms with Gasteiger partial charge in [0.15, 0.2) is 5.82 Å². The summed E-state index contributed by atoms with van der Waals surface area (Å²) >= 11 is 0. The number of aromatic nitrogens is 2. The van der Waals surface area contributed by atoms with Crippen LogP contribution in [0.15, 0.2) is 24.3 Å². The number of nitrogens with two attached hydrogens (primary N) is 1. The summed E-state index contributed by atoms with van der Waals surface area (Å²) in [5.74, 6) is -0.251. The normalized spacial score (nSPS) is 10.6. The van der Waals surface area contributed by atoms with Crippen molar-refractivity contribution >= 4 is 17.4 Å². The minimum absolute atomic E-state index is 0.0216. The van der Waals surface area contributed by atoms with Crippen molar-refractivity contribution in [1.29, 1.82) is 0 Å². The Morgan fingerprint density at radius 1 is 1.40 bits per heavy atom. The Morgan fingerprint density at radius 3 is 2.55 bits per heavy atom. The number of hydrogen-bond donors (Lipinski definition) is 3. The van der Waals surface area contributed by atoms with Gasteiger partial charge in [-0.3, -0.25) is 9.89 Å². The molecule has 0 fully saturated rings. The van der Waals surface area contributed by atoms with Crippen LogP contribution in [0.1, 0.15) is 16.1 Å². The highest BCUT2D eigenvalue weighted by atomic mass is 19.3. The maximum atomic E-state index is 12.0. The molecule has 0 spiro atoms. The number of amides is 1. The average molecular weight is 282 g/mol. The first-order valence-corrected chi connectivity index (χ1v) is 5.64. The molecule has 2 aromatic rings. The highest BCUT2D eigenvalue weighted by Gasteiger charge is 2.12. The van der Waals surface area contributed by atoms with Gasteiger partial charge in [0.05, 0.1) is 11.4 Å². The Balaban J connectivity index is 2.08. The molecule has 106 valence electrons. The minimum atomic E-state index is -2.90. The Morgan fingerprint density at radius 2 is 2.05 bits per heavy atom. The second-order valence-electron chi connectivity index (χ2n) is 3.97. The molecule has 2 rings (SSSR count). The van der Waals surface area contributed by atoms with E-state index in [-0.39, 0.29) is 17.1 Å². The van der Waals surface area contributed by atoms with Gasteiger partial charge < -0.3 is 15.8 Å². The highest BCUT2D eigenvalue weighted by molar-refractivity contribution is 6.05. The van der Waals surface area contributed by atoms with Gasteiger partial charge in [0, 0.05) is 5.56 Å². The second-order valence-corrected chi connectivity index (χ2v) is 3.97. The van der Waals surface area contributed by atoms with Crippen molar-refractivity contribution in [3.8, 4) is 5.75 Å². The van der Waals surface area contributed by atoms with Crippen LogP contribution in [0.3, 0.4) is 0 Å². The summed E-state index contributed by atoms with van der Waals surface area (Å²) in [6.07, 6.45) is 0. The maximum absolute atomic E-state index is 12.0. The number of hydrogen-bond acceptors (Lipinski definition) is 4. The van der Waals surface area contributed by atoms with Crippen LogP contribution in [0.2, 0.25) is 0 Å². The quantitative estimate of drug-likeness (QED) is 0.801. The molecule has 0 radical (unpaired) electrons. The first-order valence-electron chi connectivity index (χ1n) is 5.64. The molecule has 6 nitrogen and oxygen atoms in total. The number of rotatable bonds is 4. The van der Waals surface area contributed by atoms with Gasteiger partial charge in [0.25, 0.3) is 5.91 Å². The van der Waals surface area contributed by atoms with E-state index in [4.69, 9.17) is 5.73 Å². The van der Waals surface area contributed by atoms with Crippen molar-refractivity contribution in [2.45, 2.75) is 13.5 Å². The number of ether oxygens (including phenoxy) is 1. The smallest absolute Gasteiger partial charge is 0.387 e. The Labute approximate surface area is 112 Å². The summed E-state index contributed by atoms with van der Waals surface area (Å²) in [6, 6.07) is 5.28. The van der Waals surface area contributed by atoms with E-state index in [9.17, 15) is 13.6 Å². The zero-order chi connectivity index (χ0) is 14.7. The maximum Gasteiger partial charge on any atom is 0.387 e. The molecule has 1 aromatic heterocycles. The van der Waals surface area contributed by atoms with Crippen LogP contribution < -0.4 is 15.8 Å². The van der Waals surface area contributed by atoms with E-state index in [1.165, 1.54) is 24.3 Å². The van der Waals surface area contributed by atoms with E-state index < -0.39 is 12.5 Å². The van der Waals surface area contributed by atoms with Crippen LogP contribution in [0, 0.1) is 6.92 Å². The van der Waals surface area contributed by atoms with Gasteiger partial charge in [0.1, 0.15) is 5.75 Å². The van der Waals surface area contributed by atoms with Gasteiger partial charge in [-0.25, -0.2) is 0 Å². The molecule has 0 bridgehead atoms. The van der Waals surface area contributed by atoms with Crippen molar-refractivity contribution in [2.24, 2.45) is 0 Å². The number of halogens is 2. The number of nitrogen functional groups attached to an aromatic ring is 1. The molecule has 20 heavy (non-hydrogen) atoms. The lowest BCUT2D eigenvalue weighted by atomic mass is 10.2. The summed E-state index contributed by atoms with van der Waals surface area (Å²) in [6.45, 7) is -1.18. The predicted octanol–water partition coefficient (Wildman–Crippen LogP) is 2.15. The third-order valence-corrected chi connectivity index (χ3v) is 2.57. The van der Waals surface area contributed by atoms with Crippen LogP contribution in [0.25, 0.3) is 0 Å².